The molecule has 0 saturated carbocycles. The number of anilines is 2. The lowest BCUT2D eigenvalue weighted by molar-refractivity contribution is 0.0600. The average Bonchev–Trinajstić information content (AvgIpc) is 3.40. The number of fused-ring (bicyclic) bond motifs is 4. The quantitative estimate of drug-likeness (QED) is 0.253. The van der Waals surface area contributed by atoms with Crippen molar-refractivity contribution in [1.29, 1.82) is 0 Å². The highest BCUT2D eigenvalue weighted by Gasteiger charge is 2.41. The van der Waals surface area contributed by atoms with Crippen molar-refractivity contribution in [3.8, 4) is 11.6 Å². The Morgan fingerprint density at radius 1 is 0.884 bits per heavy atom. The van der Waals surface area contributed by atoms with Crippen LogP contribution in [0.3, 0.4) is 0 Å². The van der Waals surface area contributed by atoms with Crippen LogP contribution >= 0.6 is 0 Å². The van der Waals surface area contributed by atoms with Crippen LogP contribution in [-0.4, -0.2) is 46.6 Å². The number of para-hydroxylation sites is 2. The van der Waals surface area contributed by atoms with E-state index in [9.17, 15) is 4.79 Å². The van der Waals surface area contributed by atoms with Gasteiger partial charge in [-0.25, -0.2) is 19.8 Å². The normalized spacial score (nSPS) is 15.0. The van der Waals surface area contributed by atoms with E-state index in [0.717, 1.165) is 39.6 Å². The number of pyridine rings is 1. The second kappa shape index (κ2) is 10.6. The zero-order valence-electron chi connectivity index (χ0n) is 23.7. The Morgan fingerprint density at radius 3 is 2.37 bits per heavy atom. The second-order valence-corrected chi connectivity index (χ2v) is 10.0. The van der Waals surface area contributed by atoms with Gasteiger partial charge in [0.05, 0.1) is 42.9 Å². The van der Waals surface area contributed by atoms with Crippen molar-refractivity contribution in [3.05, 3.63) is 120 Å². The molecule has 0 radical (unpaired) electrons. The molecule has 2 aliphatic heterocycles. The number of nitrogens with one attached hydrogen (secondary N) is 1. The minimum atomic E-state index is -0.390. The highest BCUT2D eigenvalue weighted by atomic mass is 16.5. The third-order valence-corrected chi connectivity index (χ3v) is 7.50. The highest BCUT2D eigenvalue weighted by Crippen LogP contribution is 2.48. The Balaban J connectivity index is 1.45. The van der Waals surface area contributed by atoms with Crippen LogP contribution in [0.25, 0.3) is 5.82 Å². The number of hydrogen-bond donors (Lipinski definition) is 1. The number of carbonyl (C=O) groups is 1. The monoisotopic (exact) mass is 569 g/mol. The van der Waals surface area contributed by atoms with E-state index in [2.05, 4.69) is 15.2 Å². The summed E-state index contributed by atoms with van der Waals surface area (Å²) in [5.74, 6) is 2.89. The minimum absolute atomic E-state index is 0.337. The number of hydrogen-bond acceptors (Lipinski definition) is 9. The first-order chi connectivity index (χ1) is 21.1. The predicted molar refractivity (Wildman–Crippen MR) is 165 cm³/mol. The van der Waals surface area contributed by atoms with E-state index in [0.29, 0.717) is 28.9 Å². The Morgan fingerprint density at radius 2 is 1.65 bits per heavy atom. The van der Waals surface area contributed by atoms with Crippen LogP contribution in [0.5, 0.6) is 5.75 Å². The fraction of sp³-hybridized carbons (Fsp3) is 0.121. The summed E-state index contributed by atoms with van der Waals surface area (Å²) < 4.78 is 12.1. The van der Waals surface area contributed by atoms with E-state index in [-0.39, 0.29) is 6.04 Å². The number of aryl methyl sites for hydroxylation is 1. The number of aromatic nitrogens is 3. The third-order valence-electron chi connectivity index (χ3n) is 7.50. The van der Waals surface area contributed by atoms with E-state index >= 15 is 0 Å². The molecular weight excluding hydrogens is 542 g/mol. The number of ether oxygens (including phenoxy) is 2. The van der Waals surface area contributed by atoms with E-state index in [1.165, 1.54) is 7.11 Å². The first kappa shape index (κ1) is 26.1. The van der Waals surface area contributed by atoms with Gasteiger partial charge in [-0.3, -0.25) is 0 Å². The van der Waals surface area contributed by atoms with Crippen molar-refractivity contribution in [3.63, 3.8) is 0 Å². The lowest BCUT2D eigenvalue weighted by atomic mass is 9.92. The van der Waals surface area contributed by atoms with E-state index < -0.39 is 5.97 Å². The first-order valence-electron chi connectivity index (χ1n) is 13.7. The Labute approximate surface area is 248 Å². The number of methoxy groups -OCH3 is 2. The number of benzene rings is 3. The standard InChI is InChI=1S/C33H27N7O3/c1-20-28-29(21-11-13-22(14-12-21)33(41)43-3)39-26-9-5-4-8-25(26)36-30(35-23-15-17-24(42-2)18-16-23)32(39)37-31(28)40(38-20)27-10-6-7-19-34-27/h4-19,29H,1-3H3,(H,35,36)/t29-/m0/s1. The first-order valence-corrected chi connectivity index (χ1v) is 13.7. The zero-order valence-corrected chi connectivity index (χ0v) is 23.7. The van der Waals surface area contributed by atoms with Crippen LogP contribution in [0.4, 0.5) is 22.9 Å². The van der Waals surface area contributed by atoms with Crippen molar-refractivity contribution in [2.45, 2.75) is 13.0 Å². The molecule has 5 aromatic rings. The van der Waals surface area contributed by atoms with E-state index in [4.69, 9.17) is 24.6 Å². The van der Waals surface area contributed by atoms with Crippen molar-refractivity contribution in [2.75, 3.05) is 24.4 Å². The largest absolute Gasteiger partial charge is 0.497 e. The number of carbonyl (C=O) groups excluding carboxylic acids is 1. The van der Waals surface area contributed by atoms with Crippen LogP contribution < -0.4 is 15.0 Å². The number of esters is 1. The zero-order chi connectivity index (χ0) is 29.5. The topological polar surface area (TPSA) is 106 Å². The molecule has 2 aromatic heterocycles. The summed E-state index contributed by atoms with van der Waals surface area (Å²) in [6.07, 6.45) is 1.74. The van der Waals surface area contributed by atoms with Gasteiger partial charge >= 0.3 is 5.97 Å². The van der Waals surface area contributed by atoms with Crippen molar-refractivity contribution >= 4 is 40.5 Å². The molecule has 10 nitrogen and oxygen atoms in total. The molecule has 4 heterocycles. The maximum absolute atomic E-state index is 12.3. The smallest absolute Gasteiger partial charge is 0.337 e. The van der Waals surface area contributed by atoms with Gasteiger partial charge in [-0.15, -0.1) is 0 Å². The van der Waals surface area contributed by atoms with E-state index in [1.807, 2.05) is 85.8 Å². The Bertz CT molecular complexity index is 1900. The molecule has 0 unspecified atom stereocenters. The van der Waals surface area contributed by atoms with Gasteiger partial charge in [-0.1, -0.05) is 30.3 Å². The Kier molecular flexibility index (Phi) is 6.43. The molecule has 212 valence electrons. The lowest BCUT2D eigenvalue weighted by Gasteiger charge is -2.40. The Hall–Kier alpha value is -5.77. The molecule has 2 aliphatic rings. The summed E-state index contributed by atoms with van der Waals surface area (Å²) in [6, 6.07) is 28.5. The second-order valence-electron chi connectivity index (χ2n) is 10.0. The van der Waals surface area contributed by atoms with Gasteiger partial charge in [-0.2, -0.15) is 9.78 Å². The summed E-state index contributed by atoms with van der Waals surface area (Å²) in [4.78, 5) is 29.2. The summed E-state index contributed by atoms with van der Waals surface area (Å²) in [6.45, 7) is 1.98. The summed E-state index contributed by atoms with van der Waals surface area (Å²) in [5, 5.41) is 8.40. The van der Waals surface area contributed by atoms with Gasteiger partial charge in [0, 0.05) is 17.4 Å². The fourth-order valence-electron chi connectivity index (χ4n) is 5.48. The molecule has 1 atom stereocenters. The molecule has 0 aliphatic carbocycles. The average molecular weight is 570 g/mol. The lowest BCUT2D eigenvalue weighted by Crippen LogP contribution is -2.46. The minimum Gasteiger partial charge on any atom is -0.497 e. The molecule has 0 bridgehead atoms. The summed E-state index contributed by atoms with van der Waals surface area (Å²) in [7, 11) is 3.02. The van der Waals surface area contributed by atoms with Crippen molar-refractivity contribution in [2.24, 2.45) is 9.98 Å². The van der Waals surface area contributed by atoms with Crippen LogP contribution in [-0.2, 0) is 4.74 Å². The molecule has 43 heavy (non-hydrogen) atoms. The molecular formula is C33H27N7O3. The van der Waals surface area contributed by atoms with Gasteiger partial charge in [0.2, 0.25) is 0 Å². The van der Waals surface area contributed by atoms with Gasteiger partial charge in [-0.05, 0) is 73.2 Å². The van der Waals surface area contributed by atoms with Gasteiger partial charge < -0.3 is 19.7 Å². The third kappa shape index (κ3) is 4.49. The van der Waals surface area contributed by atoms with E-state index in [1.54, 1.807) is 30.1 Å². The SMILES string of the molecule is COC(=O)c1ccc([C@H]2c3c(C)nn(-c4ccccn4)c3N=C3C(Nc4ccc(OC)cc4)=Nc4ccccc4N32)cc1. The van der Waals surface area contributed by atoms with Crippen molar-refractivity contribution in [1.82, 2.24) is 14.8 Å². The molecule has 0 fully saturated rings. The van der Waals surface area contributed by atoms with Crippen LogP contribution in [0.2, 0.25) is 0 Å². The van der Waals surface area contributed by atoms with Crippen molar-refractivity contribution < 1.29 is 14.3 Å². The number of aliphatic imine (C=N–C) groups is 2. The fourth-order valence-corrected chi connectivity index (χ4v) is 5.48. The van der Waals surface area contributed by atoms with Gasteiger partial charge in [0.1, 0.15) is 5.75 Å². The van der Waals surface area contributed by atoms with Crippen LogP contribution in [0, 0.1) is 6.92 Å². The van der Waals surface area contributed by atoms with Gasteiger partial charge in [0.15, 0.2) is 23.3 Å². The van der Waals surface area contributed by atoms with Crippen LogP contribution in [0.1, 0.15) is 33.2 Å². The number of rotatable bonds is 5. The summed E-state index contributed by atoms with van der Waals surface area (Å²) >= 11 is 0. The molecule has 0 saturated heterocycles. The number of nitrogens with zero attached hydrogens (tertiary/aromatic N) is 6. The molecule has 10 heteroatoms. The number of amidine groups is 2. The van der Waals surface area contributed by atoms with Crippen LogP contribution in [0.15, 0.2) is 107 Å². The molecule has 1 N–H and O–H groups in total. The molecule has 0 amide bonds. The highest BCUT2D eigenvalue weighted by molar-refractivity contribution is 6.51. The summed E-state index contributed by atoms with van der Waals surface area (Å²) in [5.41, 5.74) is 5.70. The predicted octanol–water partition coefficient (Wildman–Crippen LogP) is 6.17. The van der Waals surface area contributed by atoms with Gasteiger partial charge in [0.25, 0.3) is 0 Å². The maximum atomic E-state index is 12.3. The molecule has 7 rings (SSSR count). The maximum Gasteiger partial charge on any atom is 0.337 e. The molecule has 3 aromatic carbocycles. The molecule has 0 spiro atoms.